The number of morpholine rings is 1. The molecule has 1 aliphatic rings. The van der Waals surface area contributed by atoms with Crippen molar-refractivity contribution in [2.75, 3.05) is 25.5 Å². The quantitative estimate of drug-likeness (QED) is 0.683. The summed E-state index contributed by atoms with van der Waals surface area (Å²) in [5.74, 6) is 0. The molecule has 0 radical (unpaired) electrons. The minimum absolute atomic E-state index is 0.133. The van der Waals surface area contributed by atoms with Crippen LogP contribution in [0.1, 0.15) is 11.6 Å². The highest BCUT2D eigenvalue weighted by atomic mass is 35.5. The van der Waals surface area contributed by atoms with Gasteiger partial charge in [-0.3, -0.25) is 0 Å². The molecule has 1 aromatic heterocycles. The van der Waals surface area contributed by atoms with Gasteiger partial charge in [-0.25, -0.2) is 4.98 Å². The third-order valence-corrected chi connectivity index (χ3v) is 2.44. The SMILES string of the molecule is Nc1cc(Cl)ncc1C1COCCN1. The number of hydrogen-bond donors (Lipinski definition) is 2. The van der Waals surface area contributed by atoms with E-state index >= 15 is 0 Å². The molecule has 1 saturated heterocycles. The molecule has 4 nitrogen and oxygen atoms in total. The molecule has 2 heterocycles. The van der Waals surface area contributed by atoms with Gasteiger partial charge in [0.25, 0.3) is 0 Å². The molecule has 2 rings (SSSR count). The van der Waals surface area contributed by atoms with Gasteiger partial charge in [0.2, 0.25) is 0 Å². The van der Waals surface area contributed by atoms with Gasteiger partial charge in [-0.1, -0.05) is 11.6 Å². The maximum Gasteiger partial charge on any atom is 0.131 e. The van der Waals surface area contributed by atoms with E-state index in [2.05, 4.69) is 10.3 Å². The van der Waals surface area contributed by atoms with Crippen LogP contribution in [0.15, 0.2) is 12.3 Å². The maximum absolute atomic E-state index is 5.83. The average Bonchev–Trinajstić information content (AvgIpc) is 2.19. The second-order valence-corrected chi connectivity index (χ2v) is 3.60. The van der Waals surface area contributed by atoms with Crippen molar-refractivity contribution in [1.29, 1.82) is 0 Å². The van der Waals surface area contributed by atoms with Gasteiger partial charge in [-0.15, -0.1) is 0 Å². The van der Waals surface area contributed by atoms with Gasteiger partial charge in [0.15, 0.2) is 0 Å². The monoisotopic (exact) mass is 213 g/mol. The first-order valence-corrected chi connectivity index (χ1v) is 4.87. The molecule has 1 unspecified atom stereocenters. The van der Waals surface area contributed by atoms with Crippen molar-refractivity contribution < 1.29 is 4.74 Å². The zero-order valence-corrected chi connectivity index (χ0v) is 8.42. The Kier molecular flexibility index (Phi) is 2.86. The smallest absolute Gasteiger partial charge is 0.131 e. The van der Waals surface area contributed by atoms with Crippen molar-refractivity contribution in [3.05, 3.63) is 23.0 Å². The molecule has 1 fully saturated rings. The molecule has 0 amide bonds. The van der Waals surface area contributed by atoms with E-state index in [0.717, 1.165) is 18.7 Å². The molecule has 0 bridgehead atoms. The fraction of sp³-hybridized carbons (Fsp3) is 0.444. The summed E-state index contributed by atoms with van der Waals surface area (Å²) in [5.41, 5.74) is 7.45. The van der Waals surface area contributed by atoms with E-state index < -0.39 is 0 Å². The number of pyridine rings is 1. The molecule has 3 N–H and O–H groups in total. The lowest BCUT2D eigenvalue weighted by Gasteiger charge is -2.24. The molecule has 0 spiro atoms. The van der Waals surface area contributed by atoms with Crippen LogP contribution in [0.25, 0.3) is 0 Å². The first-order chi connectivity index (χ1) is 6.77. The highest BCUT2D eigenvalue weighted by Crippen LogP contribution is 2.23. The number of ether oxygens (including phenoxy) is 1. The first kappa shape index (κ1) is 9.71. The van der Waals surface area contributed by atoms with Crippen LogP contribution in [0.5, 0.6) is 0 Å². The summed E-state index contributed by atoms with van der Waals surface area (Å²) in [4.78, 5) is 4.01. The Bertz CT molecular complexity index is 326. The third kappa shape index (κ3) is 1.97. The maximum atomic E-state index is 5.83. The molecule has 0 saturated carbocycles. The zero-order valence-electron chi connectivity index (χ0n) is 7.66. The molecule has 1 atom stereocenters. The Morgan fingerprint density at radius 3 is 3.14 bits per heavy atom. The van der Waals surface area contributed by atoms with Crippen LogP contribution in [-0.2, 0) is 4.74 Å². The Balaban J connectivity index is 2.22. The van der Waals surface area contributed by atoms with E-state index in [4.69, 9.17) is 22.1 Å². The standard InChI is InChI=1S/C9H12ClN3O/c10-9-3-7(11)6(4-13-9)8-5-14-2-1-12-8/h3-4,8,12H,1-2,5H2,(H2,11,13). The highest BCUT2D eigenvalue weighted by Gasteiger charge is 2.17. The van der Waals surface area contributed by atoms with E-state index in [1.165, 1.54) is 0 Å². The second kappa shape index (κ2) is 4.13. The molecule has 0 aliphatic carbocycles. The van der Waals surface area contributed by atoms with E-state index in [1.807, 2.05) is 0 Å². The lowest BCUT2D eigenvalue weighted by molar-refractivity contribution is 0.0770. The minimum Gasteiger partial charge on any atom is -0.398 e. The third-order valence-electron chi connectivity index (χ3n) is 2.23. The average molecular weight is 214 g/mol. The van der Waals surface area contributed by atoms with Crippen molar-refractivity contribution in [1.82, 2.24) is 10.3 Å². The Morgan fingerprint density at radius 2 is 2.50 bits per heavy atom. The van der Waals surface area contributed by atoms with Gasteiger partial charge in [0.05, 0.1) is 19.3 Å². The topological polar surface area (TPSA) is 60.2 Å². The summed E-state index contributed by atoms with van der Waals surface area (Å²) in [5, 5.41) is 3.73. The number of nitrogens with zero attached hydrogens (tertiary/aromatic N) is 1. The molecular weight excluding hydrogens is 202 g/mol. The Hall–Kier alpha value is -0.840. The number of aromatic nitrogens is 1. The lowest BCUT2D eigenvalue weighted by atomic mass is 10.1. The number of anilines is 1. The van der Waals surface area contributed by atoms with Crippen LogP contribution in [0, 0.1) is 0 Å². The normalized spacial score (nSPS) is 22.2. The summed E-state index contributed by atoms with van der Waals surface area (Å²) in [6.07, 6.45) is 1.70. The van der Waals surface area contributed by atoms with Crippen molar-refractivity contribution in [2.45, 2.75) is 6.04 Å². The lowest BCUT2D eigenvalue weighted by Crippen LogP contribution is -2.35. The molecule has 5 heteroatoms. The van der Waals surface area contributed by atoms with Crippen LogP contribution >= 0.6 is 11.6 Å². The zero-order chi connectivity index (χ0) is 9.97. The predicted molar refractivity (Wildman–Crippen MR) is 55.2 cm³/mol. The number of nitrogens with two attached hydrogens (primary N) is 1. The number of nitrogen functional groups attached to an aromatic ring is 1. The molecule has 14 heavy (non-hydrogen) atoms. The van der Waals surface area contributed by atoms with Crippen LogP contribution in [0.4, 0.5) is 5.69 Å². The van der Waals surface area contributed by atoms with Crippen molar-refractivity contribution in [3.63, 3.8) is 0 Å². The fourth-order valence-electron chi connectivity index (χ4n) is 1.51. The number of halogens is 1. The molecule has 0 aromatic carbocycles. The molecular formula is C9H12ClN3O. The summed E-state index contributed by atoms with van der Waals surface area (Å²) in [6.45, 7) is 2.22. The predicted octanol–water partition coefficient (Wildman–Crippen LogP) is 0.978. The number of nitrogens with one attached hydrogen (secondary N) is 1. The first-order valence-electron chi connectivity index (χ1n) is 4.49. The molecule has 1 aromatic rings. The van der Waals surface area contributed by atoms with Crippen LogP contribution in [0.2, 0.25) is 5.15 Å². The van der Waals surface area contributed by atoms with Gasteiger partial charge in [-0.05, 0) is 6.07 Å². The minimum atomic E-state index is 0.133. The van der Waals surface area contributed by atoms with Gasteiger partial charge < -0.3 is 15.8 Å². The number of rotatable bonds is 1. The van der Waals surface area contributed by atoms with Crippen molar-refractivity contribution in [3.8, 4) is 0 Å². The molecule has 76 valence electrons. The van der Waals surface area contributed by atoms with Crippen LogP contribution in [-0.4, -0.2) is 24.7 Å². The van der Waals surface area contributed by atoms with Gasteiger partial charge in [0, 0.05) is 24.0 Å². The fourth-order valence-corrected chi connectivity index (χ4v) is 1.68. The highest BCUT2D eigenvalue weighted by molar-refractivity contribution is 6.29. The second-order valence-electron chi connectivity index (χ2n) is 3.22. The summed E-state index contributed by atoms with van der Waals surface area (Å²) >= 11 is 5.71. The van der Waals surface area contributed by atoms with Crippen LogP contribution in [0.3, 0.4) is 0 Å². The van der Waals surface area contributed by atoms with Crippen LogP contribution < -0.4 is 11.1 Å². The van der Waals surface area contributed by atoms with Gasteiger partial charge in [0.1, 0.15) is 5.15 Å². The van der Waals surface area contributed by atoms with Gasteiger partial charge >= 0.3 is 0 Å². The van der Waals surface area contributed by atoms with Crippen molar-refractivity contribution in [2.24, 2.45) is 0 Å². The Labute approximate surface area is 87.4 Å². The summed E-state index contributed by atoms with van der Waals surface area (Å²) in [6, 6.07) is 1.79. The molecule has 1 aliphatic heterocycles. The summed E-state index contributed by atoms with van der Waals surface area (Å²) < 4.78 is 5.34. The Morgan fingerprint density at radius 1 is 1.64 bits per heavy atom. The summed E-state index contributed by atoms with van der Waals surface area (Å²) in [7, 11) is 0. The van der Waals surface area contributed by atoms with E-state index in [0.29, 0.717) is 17.4 Å². The van der Waals surface area contributed by atoms with E-state index in [9.17, 15) is 0 Å². The van der Waals surface area contributed by atoms with E-state index in [1.54, 1.807) is 12.3 Å². The van der Waals surface area contributed by atoms with Gasteiger partial charge in [-0.2, -0.15) is 0 Å². The number of hydrogen-bond acceptors (Lipinski definition) is 4. The van der Waals surface area contributed by atoms with E-state index in [-0.39, 0.29) is 6.04 Å². The van der Waals surface area contributed by atoms with Crippen molar-refractivity contribution >= 4 is 17.3 Å². The largest absolute Gasteiger partial charge is 0.398 e.